The zero-order valence-corrected chi connectivity index (χ0v) is 10.7. The third-order valence-electron chi connectivity index (χ3n) is 3.71. The first-order valence-electron chi connectivity index (χ1n) is 6.54. The Balaban J connectivity index is 2.49. The molecule has 0 heterocycles. The number of hydrogen-bond acceptors (Lipinski definition) is 0. The van der Waals surface area contributed by atoms with Crippen LogP contribution in [-0.4, -0.2) is 0 Å². The van der Waals surface area contributed by atoms with Crippen molar-refractivity contribution in [2.75, 3.05) is 0 Å². The van der Waals surface area contributed by atoms with E-state index < -0.39 is 0 Å². The van der Waals surface area contributed by atoms with Gasteiger partial charge in [0.2, 0.25) is 0 Å². The maximum absolute atomic E-state index is 4.33. The lowest BCUT2D eigenvalue weighted by molar-refractivity contribution is 0.815. The first-order chi connectivity index (χ1) is 8.81. The van der Waals surface area contributed by atoms with Crippen LogP contribution in [0, 0.1) is 6.92 Å². The van der Waals surface area contributed by atoms with Crippen LogP contribution < -0.4 is 0 Å². The summed E-state index contributed by atoms with van der Waals surface area (Å²) in [5, 5.41) is 5.32. The number of benzene rings is 3. The molecule has 0 saturated carbocycles. The molecule has 0 amide bonds. The van der Waals surface area contributed by atoms with Crippen LogP contribution in [0.5, 0.6) is 0 Å². The van der Waals surface area contributed by atoms with Crippen molar-refractivity contribution in [2.24, 2.45) is 0 Å². The average Bonchev–Trinajstić information content (AvgIpc) is 2.44. The number of hydrogen-bond donors (Lipinski definition) is 0. The van der Waals surface area contributed by atoms with E-state index in [-0.39, 0.29) is 0 Å². The molecule has 0 N–H and O–H groups in total. The summed E-state index contributed by atoms with van der Waals surface area (Å²) < 4.78 is 0. The van der Waals surface area contributed by atoms with Crippen molar-refractivity contribution < 1.29 is 0 Å². The SMILES string of the molecule is [CH2]C(CC)c1c2ccccc2cc2ccccc12. The molecule has 3 rings (SSSR count). The second-order valence-electron chi connectivity index (χ2n) is 4.84. The molecule has 0 aliphatic rings. The maximum Gasteiger partial charge on any atom is -0.0143 e. The highest BCUT2D eigenvalue weighted by Crippen LogP contribution is 2.34. The molecule has 1 unspecified atom stereocenters. The molecule has 0 aliphatic heterocycles. The van der Waals surface area contributed by atoms with E-state index in [1.54, 1.807) is 0 Å². The molecule has 0 saturated heterocycles. The molecule has 0 heteroatoms. The highest BCUT2D eigenvalue weighted by molar-refractivity contribution is 6.02. The summed E-state index contributed by atoms with van der Waals surface area (Å²) in [6.45, 7) is 6.53. The van der Waals surface area contributed by atoms with Crippen LogP contribution in [0.15, 0.2) is 54.6 Å². The third kappa shape index (κ3) is 1.69. The minimum atomic E-state index is 0.348. The Morgan fingerprint density at radius 1 is 0.889 bits per heavy atom. The maximum atomic E-state index is 4.33. The van der Waals surface area contributed by atoms with Gasteiger partial charge in [-0.3, -0.25) is 0 Å². The third-order valence-corrected chi connectivity index (χ3v) is 3.71. The van der Waals surface area contributed by atoms with E-state index in [4.69, 9.17) is 0 Å². The van der Waals surface area contributed by atoms with Crippen LogP contribution >= 0.6 is 0 Å². The molecule has 1 radical (unpaired) electrons. The molecule has 3 aromatic rings. The Hall–Kier alpha value is -1.82. The molecule has 0 aromatic heterocycles. The fraction of sp³-hybridized carbons (Fsp3) is 0.167. The van der Waals surface area contributed by atoms with E-state index in [2.05, 4.69) is 68.4 Å². The van der Waals surface area contributed by atoms with Gasteiger partial charge in [-0.1, -0.05) is 55.5 Å². The van der Waals surface area contributed by atoms with Gasteiger partial charge in [0.1, 0.15) is 0 Å². The smallest absolute Gasteiger partial charge is 0.0143 e. The van der Waals surface area contributed by atoms with Crippen LogP contribution in [-0.2, 0) is 0 Å². The van der Waals surface area contributed by atoms with Crippen molar-refractivity contribution in [1.82, 2.24) is 0 Å². The van der Waals surface area contributed by atoms with E-state index in [9.17, 15) is 0 Å². The van der Waals surface area contributed by atoms with E-state index in [0.717, 1.165) is 6.42 Å². The van der Waals surface area contributed by atoms with Gasteiger partial charge in [0, 0.05) is 0 Å². The number of fused-ring (bicyclic) bond motifs is 2. The van der Waals surface area contributed by atoms with Crippen molar-refractivity contribution in [1.29, 1.82) is 0 Å². The summed E-state index contributed by atoms with van der Waals surface area (Å²) >= 11 is 0. The van der Waals surface area contributed by atoms with Crippen LogP contribution in [0.25, 0.3) is 21.5 Å². The quantitative estimate of drug-likeness (QED) is 0.525. The van der Waals surface area contributed by atoms with E-state index in [1.165, 1.54) is 27.1 Å². The molecule has 0 fully saturated rings. The van der Waals surface area contributed by atoms with Crippen molar-refractivity contribution >= 4 is 21.5 Å². The van der Waals surface area contributed by atoms with Crippen molar-refractivity contribution in [3.05, 3.63) is 67.1 Å². The lowest BCUT2D eigenvalue weighted by Crippen LogP contribution is -1.95. The summed E-state index contributed by atoms with van der Waals surface area (Å²) in [6, 6.07) is 19.5. The molecule has 0 spiro atoms. The van der Waals surface area contributed by atoms with Crippen molar-refractivity contribution in [3.8, 4) is 0 Å². The predicted octanol–water partition coefficient (Wildman–Crippen LogP) is 5.32. The second kappa shape index (κ2) is 4.45. The van der Waals surface area contributed by atoms with Gasteiger partial charge in [0.15, 0.2) is 0 Å². The van der Waals surface area contributed by atoms with Gasteiger partial charge in [0.05, 0.1) is 0 Å². The predicted molar refractivity (Wildman–Crippen MR) is 79.8 cm³/mol. The topological polar surface area (TPSA) is 0 Å². The second-order valence-corrected chi connectivity index (χ2v) is 4.84. The van der Waals surface area contributed by atoms with Gasteiger partial charge in [-0.15, -0.1) is 0 Å². The molecule has 1 atom stereocenters. The molecule has 18 heavy (non-hydrogen) atoms. The van der Waals surface area contributed by atoms with Crippen LogP contribution in [0.3, 0.4) is 0 Å². The van der Waals surface area contributed by atoms with Crippen LogP contribution in [0.4, 0.5) is 0 Å². The Kier molecular flexibility index (Phi) is 2.79. The summed E-state index contributed by atoms with van der Waals surface area (Å²) in [4.78, 5) is 0. The Labute approximate surface area is 108 Å². The van der Waals surface area contributed by atoms with Gasteiger partial charge in [0.25, 0.3) is 0 Å². The minimum absolute atomic E-state index is 0.348. The van der Waals surface area contributed by atoms with E-state index >= 15 is 0 Å². The average molecular weight is 233 g/mol. The summed E-state index contributed by atoms with van der Waals surface area (Å²) in [6.07, 6.45) is 1.07. The molecule has 89 valence electrons. The summed E-state index contributed by atoms with van der Waals surface area (Å²) in [7, 11) is 0. The Morgan fingerprint density at radius 2 is 1.39 bits per heavy atom. The monoisotopic (exact) mass is 233 g/mol. The largest absolute Gasteiger partial charge is 0.0648 e. The van der Waals surface area contributed by atoms with Crippen LogP contribution in [0.1, 0.15) is 24.8 Å². The molecule has 0 aliphatic carbocycles. The standard InChI is InChI=1S/C18H17/c1-3-13(2)18-16-10-6-4-8-14(16)12-15-9-5-7-11-17(15)18/h4-13H,2-3H2,1H3. The van der Waals surface area contributed by atoms with E-state index in [0.29, 0.717) is 5.92 Å². The zero-order chi connectivity index (χ0) is 12.5. The van der Waals surface area contributed by atoms with Gasteiger partial charge in [-0.25, -0.2) is 0 Å². The summed E-state index contributed by atoms with van der Waals surface area (Å²) in [5.74, 6) is 0.348. The lowest BCUT2D eigenvalue weighted by Gasteiger charge is -2.16. The summed E-state index contributed by atoms with van der Waals surface area (Å²) in [5.41, 5.74) is 1.39. The van der Waals surface area contributed by atoms with Gasteiger partial charge >= 0.3 is 0 Å². The van der Waals surface area contributed by atoms with Gasteiger partial charge in [-0.2, -0.15) is 0 Å². The number of rotatable bonds is 2. The molecule has 3 aromatic carbocycles. The van der Waals surface area contributed by atoms with Gasteiger partial charge in [-0.05, 0) is 52.4 Å². The minimum Gasteiger partial charge on any atom is -0.0648 e. The first-order valence-corrected chi connectivity index (χ1v) is 6.54. The molecule has 0 bridgehead atoms. The van der Waals surface area contributed by atoms with Crippen molar-refractivity contribution in [2.45, 2.75) is 19.3 Å². The first kappa shape index (κ1) is 11.3. The van der Waals surface area contributed by atoms with Gasteiger partial charge < -0.3 is 0 Å². The lowest BCUT2D eigenvalue weighted by atomic mass is 9.88. The molecule has 0 nitrogen and oxygen atoms in total. The highest BCUT2D eigenvalue weighted by Gasteiger charge is 2.12. The zero-order valence-electron chi connectivity index (χ0n) is 10.7. The fourth-order valence-corrected chi connectivity index (χ4v) is 2.69. The Morgan fingerprint density at radius 3 is 1.89 bits per heavy atom. The van der Waals surface area contributed by atoms with Crippen LogP contribution in [0.2, 0.25) is 0 Å². The molecular weight excluding hydrogens is 216 g/mol. The fourth-order valence-electron chi connectivity index (χ4n) is 2.69. The van der Waals surface area contributed by atoms with E-state index in [1.807, 2.05) is 0 Å². The Bertz CT molecular complexity index is 641. The normalized spacial score (nSPS) is 13.0. The molecular formula is C18H17. The van der Waals surface area contributed by atoms with Crippen molar-refractivity contribution in [3.63, 3.8) is 0 Å². The highest BCUT2D eigenvalue weighted by atomic mass is 14.2.